The van der Waals surface area contributed by atoms with E-state index in [1.165, 1.54) is 16.7 Å². The molecule has 0 radical (unpaired) electrons. The maximum Gasteiger partial charge on any atom is 0.194 e. The molecular formula is C24H21N3S. The molecule has 5 rings (SSSR count). The van der Waals surface area contributed by atoms with E-state index in [0.717, 1.165) is 24.2 Å². The smallest absolute Gasteiger partial charge is 0.194 e. The van der Waals surface area contributed by atoms with Gasteiger partial charge in [0.2, 0.25) is 0 Å². The van der Waals surface area contributed by atoms with Crippen molar-refractivity contribution in [2.75, 3.05) is 5.32 Å². The first-order chi connectivity index (χ1) is 13.8. The van der Waals surface area contributed by atoms with Gasteiger partial charge in [-0.2, -0.15) is 5.10 Å². The molecule has 1 heterocycles. The van der Waals surface area contributed by atoms with Crippen LogP contribution in [0.1, 0.15) is 29.2 Å². The van der Waals surface area contributed by atoms with Crippen LogP contribution in [-0.4, -0.2) is 15.8 Å². The lowest BCUT2D eigenvalue weighted by atomic mass is 9.77. The van der Waals surface area contributed by atoms with Crippen molar-refractivity contribution in [3.8, 4) is 0 Å². The average molecular weight is 384 g/mol. The number of thiocarbonyl (C=S) groups is 1. The Balaban J connectivity index is 1.55. The molecule has 0 saturated heterocycles. The molecule has 1 aliphatic heterocycles. The monoisotopic (exact) mass is 383 g/mol. The van der Waals surface area contributed by atoms with Gasteiger partial charge in [-0.15, -0.1) is 0 Å². The predicted octanol–water partition coefficient (Wildman–Crippen LogP) is 5.41. The van der Waals surface area contributed by atoms with Crippen molar-refractivity contribution in [3.05, 3.63) is 102 Å². The molecule has 0 amide bonds. The summed E-state index contributed by atoms with van der Waals surface area (Å²) in [6, 6.07) is 29.4. The number of hydrazone groups is 1. The second kappa shape index (κ2) is 7.21. The number of nitrogens with zero attached hydrogens (tertiary/aromatic N) is 2. The first kappa shape index (κ1) is 17.1. The van der Waals surface area contributed by atoms with Crippen LogP contribution in [0, 0.1) is 5.92 Å². The highest BCUT2D eigenvalue weighted by Gasteiger charge is 2.42. The van der Waals surface area contributed by atoms with Crippen LogP contribution in [0.15, 0.2) is 90.0 Å². The zero-order valence-corrected chi connectivity index (χ0v) is 16.3. The molecular weight excluding hydrogens is 362 g/mol. The fraction of sp³-hybridized carbons (Fsp3) is 0.167. The zero-order chi connectivity index (χ0) is 18.9. The quantitative estimate of drug-likeness (QED) is 0.600. The van der Waals surface area contributed by atoms with Gasteiger partial charge in [-0.1, -0.05) is 72.8 Å². The van der Waals surface area contributed by atoms with Gasteiger partial charge in [0, 0.05) is 17.2 Å². The molecule has 138 valence electrons. The third kappa shape index (κ3) is 3.00. The molecule has 4 heteroatoms. The van der Waals surface area contributed by atoms with Gasteiger partial charge in [0.25, 0.3) is 0 Å². The van der Waals surface area contributed by atoms with E-state index in [4.69, 9.17) is 17.3 Å². The standard InChI is InChI=1S/C24H21N3S/c28-24(25-19-12-5-2-6-13-19)27-23(18-10-3-1-4-11-18)21-16-15-17-9-7-8-14-20(17)22(21)26-27/h1-14,21,23H,15-16H2,(H,25,28)/t21-,23+/m1/s1. The molecule has 0 aromatic heterocycles. The summed E-state index contributed by atoms with van der Waals surface area (Å²) in [5, 5.41) is 11.1. The van der Waals surface area contributed by atoms with Crippen molar-refractivity contribution in [1.82, 2.24) is 5.01 Å². The summed E-state index contributed by atoms with van der Waals surface area (Å²) in [5.41, 5.74) is 6.04. The lowest BCUT2D eigenvalue weighted by Gasteiger charge is -2.30. The molecule has 28 heavy (non-hydrogen) atoms. The first-order valence-corrected chi connectivity index (χ1v) is 10.1. The lowest BCUT2D eigenvalue weighted by molar-refractivity contribution is 0.311. The lowest BCUT2D eigenvalue weighted by Crippen LogP contribution is -2.34. The second-order valence-electron chi connectivity index (χ2n) is 7.28. The first-order valence-electron chi connectivity index (χ1n) is 9.68. The van der Waals surface area contributed by atoms with Crippen LogP contribution in [0.4, 0.5) is 5.69 Å². The van der Waals surface area contributed by atoms with Crippen LogP contribution in [-0.2, 0) is 6.42 Å². The zero-order valence-electron chi connectivity index (χ0n) is 15.5. The molecule has 0 spiro atoms. The average Bonchev–Trinajstić information content (AvgIpc) is 3.15. The number of nitrogens with one attached hydrogen (secondary N) is 1. The summed E-state index contributed by atoms with van der Waals surface area (Å²) >= 11 is 5.80. The van der Waals surface area contributed by atoms with E-state index in [-0.39, 0.29) is 6.04 Å². The third-order valence-electron chi connectivity index (χ3n) is 5.60. The minimum absolute atomic E-state index is 0.119. The summed E-state index contributed by atoms with van der Waals surface area (Å²) in [6.07, 6.45) is 2.16. The van der Waals surface area contributed by atoms with Gasteiger partial charge in [0.1, 0.15) is 0 Å². The largest absolute Gasteiger partial charge is 0.331 e. The number of aryl methyl sites for hydroxylation is 1. The highest BCUT2D eigenvalue weighted by Crippen LogP contribution is 2.43. The molecule has 0 fully saturated rings. The molecule has 2 atom stereocenters. The Hall–Kier alpha value is -2.98. The van der Waals surface area contributed by atoms with E-state index in [9.17, 15) is 0 Å². The van der Waals surface area contributed by atoms with E-state index in [0.29, 0.717) is 11.0 Å². The van der Waals surface area contributed by atoms with Gasteiger partial charge in [0.05, 0.1) is 11.8 Å². The maximum atomic E-state index is 5.80. The Labute approximate surface area is 170 Å². The summed E-state index contributed by atoms with van der Waals surface area (Å²) in [4.78, 5) is 0. The second-order valence-corrected chi connectivity index (χ2v) is 7.67. The van der Waals surface area contributed by atoms with Gasteiger partial charge in [-0.25, -0.2) is 5.01 Å². The SMILES string of the molecule is S=C(Nc1ccccc1)N1N=C2c3ccccc3CC[C@H]2[C@@H]1c1ccccc1. The highest BCUT2D eigenvalue weighted by atomic mass is 32.1. The number of fused-ring (bicyclic) bond motifs is 3. The number of para-hydroxylation sites is 1. The number of hydrogen-bond acceptors (Lipinski definition) is 2. The summed E-state index contributed by atoms with van der Waals surface area (Å²) < 4.78 is 0. The normalized spacial score (nSPS) is 20.1. The van der Waals surface area contributed by atoms with Crippen LogP contribution < -0.4 is 5.32 Å². The van der Waals surface area contributed by atoms with E-state index < -0.39 is 0 Å². The van der Waals surface area contributed by atoms with E-state index in [1.807, 2.05) is 35.3 Å². The topological polar surface area (TPSA) is 27.6 Å². The maximum absolute atomic E-state index is 5.80. The van der Waals surface area contributed by atoms with Gasteiger partial charge in [-0.05, 0) is 48.3 Å². The van der Waals surface area contributed by atoms with Gasteiger partial charge in [-0.3, -0.25) is 0 Å². The highest BCUT2D eigenvalue weighted by molar-refractivity contribution is 7.80. The van der Waals surface area contributed by atoms with E-state index in [2.05, 4.69) is 59.9 Å². The van der Waals surface area contributed by atoms with Crippen molar-refractivity contribution in [2.24, 2.45) is 11.0 Å². The number of hydrogen-bond donors (Lipinski definition) is 1. The Morgan fingerprint density at radius 3 is 2.36 bits per heavy atom. The Kier molecular flexibility index (Phi) is 4.41. The van der Waals surface area contributed by atoms with Crippen LogP contribution >= 0.6 is 12.2 Å². The molecule has 3 nitrogen and oxygen atoms in total. The Morgan fingerprint density at radius 2 is 1.57 bits per heavy atom. The summed E-state index contributed by atoms with van der Waals surface area (Å²) in [5.74, 6) is 0.341. The number of rotatable bonds is 2. The third-order valence-corrected chi connectivity index (χ3v) is 5.89. The molecule has 0 unspecified atom stereocenters. The van der Waals surface area contributed by atoms with Crippen LogP contribution in [0.25, 0.3) is 0 Å². The van der Waals surface area contributed by atoms with Crippen molar-refractivity contribution in [2.45, 2.75) is 18.9 Å². The Bertz CT molecular complexity index is 1030. The van der Waals surface area contributed by atoms with E-state index >= 15 is 0 Å². The molecule has 1 aliphatic carbocycles. The molecule has 2 aliphatic rings. The van der Waals surface area contributed by atoms with Crippen LogP contribution in [0.3, 0.4) is 0 Å². The van der Waals surface area contributed by atoms with Crippen LogP contribution in [0.2, 0.25) is 0 Å². The molecule has 3 aromatic carbocycles. The van der Waals surface area contributed by atoms with Crippen LogP contribution in [0.5, 0.6) is 0 Å². The number of benzene rings is 3. The van der Waals surface area contributed by atoms with Crippen molar-refractivity contribution in [1.29, 1.82) is 0 Å². The predicted molar refractivity (Wildman–Crippen MR) is 118 cm³/mol. The van der Waals surface area contributed by atoms with Gasteiger partial charge in [0.15, 0.2) is 5.11 Å². The summed E-state index contributed by atoms with van der Waals surface area (Å²) in [7, 11) is 0. The Morgan fingerprint density at radius 1 is 0.893 bits per heavy atom. The molecule has 3 aromatic rings. The van der Waals surface area contributed by atoms with Gasteiger partial charge >= 0.3 is 0 Å². The molecule has 0 saturated carbocycles. The van der Waals surface area contributed by atoms with Crippen molar-refractivity contribution >= 4 is 28.7 Å². The fourth-order valence-electron chi connectivity index (χ4n) is 4.32. The minimum atomic E-state index is 0.119. The van der Waals surface area contributed by atoms with Crippen molar-refractivity contribution < 1.29 is 0 Å². The number of anilines is 1. The van der Waals surface area contributed by atoms with Crippen molar-refractivity contribution in [3.63, 3.8) is 0 Å². The minimum Gasteiger partial charge on any atom is -0.331 e. The fourth-order valence-corrected chi connectivity index (χ4v) is 4.59. The van der Waals surface area contributed by atoms with Gasteiger partial charge < -0.3 is 5.32 Å². The summed E-state index contributed by atoms with van der Waals surface area (Å²) in [6.45, 7) is 0. The van der Waals surface area contributed by atoms with E-state index in [1.54, 1.807) is 0 Å². The molecule has 0 bridgehead atoms. The molecule has 1 N–H and O–H groups in total.